The van der Waals surface area contributed by atoms with E-state index in [2.05, 4.69) is 0 Å². The normalized spacial score (nSPS) is 16.9. The fourth-order valence-electron chi connectivity index (χ4n) is 3.55. The lowest BCUT2D eigenvalue weighted by Crippen LogP contribution is -2.43. The molecule has 1 aromatic heterocycles. The molecule has 9 heteroatoms. The summed E-state index contributed by atoms with van der Waals surface area (Å²) in [4.78, 5) is 26.5. The second-order valence-corrected chi connectivity index (χ2v) is 7.99. The molecule has 0 radical (unpaired) electrons. The van der Waals surface area contributed by atoms with Crippen LogP contribution in [-0.2, 0) is 28.1 Å². The highest BCUT2D eigenvalue weighted by molar-refractivity contribution is 7.78. The van der Waals surface area contributed by atoms with Crippen molar-refractivity contribution >= 4 is 11.1 Å². The zero-order valence-electron chi connectivity index (χ0n) is 16.6. The molecule has 0 N–H and O–H groups in total. The first-order chi connectivity index (χ1) is 15.0. The van der Waals surface area contributed by atoms with Crippen molar-refractivity contribution in [2.75, 3.05) is 6.61 Å². The van der Waals surface area contributed by atoms with Gasteiger partial charge in [0.2, 0.25) is 12.2 Å². The van der Waals surface area contributed by atoms with Crippen molar-refractivity contribution < 1.29 is 18.2 Å². The Balaban J connectivity index is 1.98. The van der Waals surface area contributed by atoms with Gasteiger partial charge in [0, 0.05) is 12.8 Å². The molecule has 2 aromatic carbocycles. The SMILES string of the molecule is O=c1c(Cc2ccccc2)c(OC2CCCO2)n(-c2ccccc2)c(=O)n1CS(=O)[O-]. The molecule has 31 heavy (non-hydrogen) atoms. The van der Waals surface area contributed by atoms with Gasteiger partial charge >= 0.3 is 5.69 Å². The summed E-state index contributed by atoms with van der Waals surface area (Å²) in [5, 5.41) is 0. The van der Waals surface area contributed by atoms with Gasteiger partial charge in [-0.3, -0.25) is 9.00 Å². The summed E-state index contributed by atoms with van der Waals surface area (Å²) in [5.41, 5.74) is -0.0101. The minimum Gasteiger partial charge on any atom is -0.771 e. The Hall–Kier alpha value is -3.01. The molecule has 162 valence electrons. The molecule has 2 heterocycles. The fourth-order valence-corrected chi connectivity index (χ4v) is 3.99. The van der Waals surface area contributed by atoms with Gasteiger partial charge in [-0.1, -0.05) is 48.5 Å². The molecule has 0 amide bonds. The summed E-state index contributed by atoms with van der Waals surface area (Å²) in [6.45, 7) is 0.528. The Morgan fingerprint density at radius 3 is 2.35 bits per heavy atom. The summed E-state index contributed by atoms with van der Waals surface area (Å²) in [5.74, 6) is -0.670. The third-order valence-corrected chi connectivity index (χ3v) is 5.46. The van der Waals surface area contributed by atoms with Crippen LogP contribution in [0.4, 0.5) is 0 Å². The average molecular weight is 441 g/mol. The Morgan fingerprint density at radius 2 is 1.74 bits per heavy atom. The molecule has 4 rings (SSSR count). The van der Waals surface area contributed by atoms with Crippen LogP contribution in [-0.4, -0.2) is 30.8 Å². The smallest absolute Gasteiger partial charge is 0.339 e. The van der Waals surface area contributed by atoms with Crippen molar-refractivity contribution in [3.05, 3.63) is 92.6 Å². The predicted molar refractivity (Wildman–Crippen MR) is 114 cm³/mol. The summed E-state index contributed by atoms with van der Waals surface area (Å²) >= 11 is -2.63. The first kappa shape index (κ1) is 21.2. The number of aromatic nitrogens is 2. The zero-order chi connectivity index (χ0) is 21.8. The highest BCUT2D eigenvalue weighted by Crippen LogP contribution is 2.25. The van der Waals surface area contributed by atoms with E-state index in [0.717, 1.165) is 16.6 Å². The Morgan fingerprint density at radius 1 is 1.06 bits per heavy atom. The van der Waals surface area contributed by atoms with Crippen molar-refractivity contribution in [2.24, 2.45) is 0 Å². The molecule has 1 saturated heterocycles. The monoisotopic (exact) mass is 441 g/mol. The van der Waals surface area contributed by atoms with E-state index in [-0.39, 0.29) is 17.9 Å². The van der Waals surface area contributed by atoms with E-state index in [1.165, 1.54) is 4.57 Å². The topological polar surface area (TPSA) is 103 Å². The second-order valence-electron chi connectivity index (χ2n) is 7.13. The van der Waals surface area contributed by atoms with E-state index in [1.807, 2.05) is 30.3 Å². The van der Waals surface area contributed by atoms with Crippen LogP contribution in [0.1, 0.15) is 24.0 Å². The molecule has 2 atom stereocenters. The lowest BCUT2D eigenvalue weighted by molar-refractivity contribution is -0.0440. The van der Waals surface area contributed by atoms with Crippen LogP contribution in [0.5, 0.6) is 5.88 Å². The maximum Gasteiger partial charge on any atom is 0.339 e. The molecular formula is C22H21N2O6S-. The van der Waals surface area contributed by atoms with Gasteiger partial charge in [-0.15, -0.1) is 0 Å². The summed E-state index contributed by atoms with van der Waals surface area (Å²) < 4.78 is 36.4. The van der Waals surface area contributed by atoms with Gasteiger partial charge in [0.15, 0.2) is 0 Å². The molecular weight excluding hydrogens is 420 g/mol. The van der Waals surface area contributed by atoms with Crippen molar-refractivity contribution in [1.29, 1.82) is 0 Å². The van der Waals surface area contributed by atoms with Crippen molar-refractivity contribution in [2.45, 2.75) is 31.4 Å². The van der Waals surface area contributed by atoms with E-state index in [9.17, 15) is 18.4 Å². The molecule has 0 spiro atoms. The van der Waals surface area contributed by atoms with E-state index in [4.69, 9.17) is 9.47 Å². The molecule has 0 bridgehead atoms. The minimum atomic E-state index is -2.63. The summed E-state index contributed by atoms with van der Waals surface area (Å²) in [6.07, 6.45) is 1.01. The Bertz CT molecular complexity index is 1180. The van der Waals surface area contributed by atoms with Crippen LogP contribution >= 0.6 is 0 Å². The Kier molecular flexibility index (Phi) is 6.45. The first-order valence-electron chi connectivity index (χ1n) is 9.87. The molecule has 3 aromatic rings. The first-order valence-corrected chi connectivity index (χ1v) is 11.1. The van der Waals surface area contributed by atoms with E-state index in [0.29, 0.717) is 18.7 Å². The quantitative estimate of drug-likeness (QED) is 0.519. The van der Waals surface area contributed by atoms with Gasteiger partial charge < -0.3 is 14.0 Å². The van der Waals surface area contributed by atoms with E-state index < -0.39 is 34.5 Å². The zero-order valence-corrected chi connectivity index (χ0v) is 17.5. The van der Waals surface area contributed by atoms with E-state index >= 15 is 0 Å². The minimum absolute atomic E-state index is 0.0740. The standard InChI is InChI=1S/C22H22N2O6S/c25-20-18(14-16-8-3-1-4-9-16)21(30-19-12-7-13-29-19)24(17-10-5-2-6-11-17)22(26)23(20)15-31(27)28/h1-6,8-11,19H,7,12-15H2,(H,27,28)/p-1. The average Bonchev–Trinajstić information content (AvgIpc) is 3.28. The van der Waals surface area contributed by atoms with Gasteiger partial charge in [0.25, 0.3) is 5.56 Å². The number of benzene rings is 2. The molecule has 8 nitrogen and oxygen atoms in total. The van der Waals surface area contributed by atoms with Gasteiger partial charge in [0.1, 0.15) is 0 Å². The van der Waals surface area contributed by atoms with Crippen LogP contribution in [0.15, 0.2) is 70.3 Å². The molecule has 0 aliphatic carbocycles. The molecule has 2 unspecified atom stereocenters. The number of hydrogen-bond acceptors (Lipinski definition) is 6. The van der Waals surface area contributed by atoms with Gasteiger partial charge in [-0.25, -0.2) is 13.9 Å². The van der Waals surface area contributed by atoms with Crippen molar-refractivity contribution in [3.63, 3.8) is 0 Å². The van der Waals surface area contributed by atoms with Gasteiger partial charge in [0.05, 0.1) is 23.7 Å². The molecule has 1 aliphatic rings. The maximum atomic E-state index is 13.3. The largest absolute Gasteiger partial charge is 0.771 e. The number of hydrogen-bond donors (Lipinski definition) is 0. The van der Waals surface area contributed by atoms with Gasteiger partial charge in [-0.05, 0) is 35.2 Å². The van der Waals surface area contributed by atoms with Crippen molar-refractivity contribution in [1.82, 2.24) is 9.13 Å². The second kappa shape index (κ2) is 9.42. The maximum absolute atomic E-state index is 13.3. The van der Waals surface area contributed by atoms with Crippen LogP contribution in [0.25, 0.3) is 5.69 Å². The highest BCUT2D eigenvalue weighted by atomic mass is 32.2. The molecule has 1 aliphatic heterocycles. The fraction of sp³-hybridized carbons (Fsp3) is 0.273. The van der Waals surface area contributed by atoms with Crippen molar-refractivity contribution in [3.8, 4) is 11.6 Å². The van der Waals surface area contributed by atoms with Crippen LogP contribution in [0.2, 0.25) is 0 Å². The number of ether oxygens (including phenoxy) is 2. The number of para-hydroxylation sites is 1. The molecule has 1 fully saturated rings. The van der Waals surface area contributed by atoms with Crippen LogP contribution in [0.3, 0.4) is 0 Å². The lowest BCUT2D eigenvalue weighted by atomic mass is 10.1. The lowest BCUT2D eigenvalue weighted by Gasteiger charge is -2.22. The summed E-state index contributed by atoms with van der Waals surface area (Å²) in [6, 6.07) is 17.9. The van der Waals surface area contributed by atoms with Crippen LogP contribution < -0.4 is 16.0 Å². The third kappa shape index (κ3) is 4.68. The molecule has 0 saturated carbocycles. The predicted octanol–water partition coefficient (Wildman–Crippen LogP) is 1.94. The number of rotatable bonds is 7. The third-order valence-electron chi connectivity index (χ3n) is 4.99. The van der Waals surface area contributed by atoms with E-state index in [1.54, 1.807) is 30.3 Å². The Labute approximate surface area is 181 Å². The van der Waals surface area contributed by atoms with Gasteiger partial charge in [-0.2, -0.15) is 0 Å². The number of nitrogens with zero attached hydrogens (tertiary/aromatic N) is 2. The highest BCUT2D eigenvalue weighted by Gasteiger charge is 2.26. The van der Waals surface area contributed by atoms with Crippen LogP contribution in [0, 0.1) is 0 Å². The summed E-state index contributed by atoms with van der Waals surface area (Å²) in [7, 11) is 0.